The number of pyridine rings is 1. The highest BCUT2D eigenvalue weighted by molar-refractivity contribution is 6.30. The summed E-state index contributed by atoms with van der Waals surface area (Å²) in [5.74, 6) is 0. The number of aliphatic hydroxyl groups excluding tert-OH is 1. The monoisotopic (exact) mass is 209 g/mol. The van der Waals surface area contributed by atoms with Gasteiger partial charge in [0.25, 0.3) is 5.56 Å². The minimum Gasteiger partial charge on any atom is -0.392 e. The van der Waals surface area contributed by atoms with Crippen LogP contribution in [0.5, 0.6) is 0 Å². The number of hydrogen-bond acceptors (Lipinski definition) is 2. The molecule has 1 aromatic carbocycles. The van der Waals surface area contributed by atoms with Crippen LogP contribution in [0.2, 0.25) is 5.15 Å². The average molecular weight is 210 g/mol. The van der Waals surface area contributed by atoms with E-state index in [0.29, 0.717) is 16.3 Å². The zero-order chi connectivity index (χ0) is 10.1. The van der Waals surface area contributed by atoms with Crippen molar-refractivity contribution in [2.75, 3.05) is 0 Å². The van der Waals surface area contributed by atoms with Crippen LogP contribution in [-0.2, 0) is 6.61 Å². The molecule has 4 heteroatoms. The van der Waals surface area contributed by atoms with E-state index in [4.69, 9.17) is 16.7 Å². The van der Waals surface area contributed by atoms with Crippen LogP contribution in [0, 0.1) is 0 Å². The second-order valence-corrected chi connectivity index (χ2v) is 3.39. The number of hydrogen-bond donors (Lipinski definition) is 2. The molecule has 0 bridgehead atoms. The number of aromatic amines is 1. The lowest BCUT2D eigenvalue weighted by Gasteiger charge is -2.02. The molecule has 2 aromatic rings. The number of nitrogens with one attached hydrogen (secondary N) is 1. The Morgan fingerprint density at radius 3 is 2.86 bits per heavy atom. The molecule has 0 spiro atoms. The third-order valence-electron chi connectivity index (χ3n) is 2.12. The van der Waals surface area contributed by atoms with Crippen LogP contribution in [0.1, 0.15) is 5.56 Å². The molecule has 0 radical (unpaired) electrons. The minimum atomic E-state index is -0.234. The van der Waals surface area contributed by atoms with E-state index in [1.165, 1.54) is 0 Å². The first-order valence-electron chi connectivity index (χ1n) is 4.13. The van der Waals surface area contributed by atoms with Crippen LogP contribution in [0.15, 0.2) is 29.1 Å². The molecule has 72 valence electrons. The quantitative estimate of drug-likeness (QED) is 0.702. The van der Waals surface area contributed by atoms with Gasteiger partial charge in [-0.2, -0.15) is 0 Å². The molecule has 0 fully saturated rings. The highest BCUT2D eigenvalue weighted by Gasteiger charge is 2.03. The van der Waals surface area contributed by atoms with Gasteiger partial charge in [-0.25, -0.2) is 0 Å². The summed E-state index contributed by atoms with van der Waals surface area (Å²) in [4.78, 5) is 13.9. The maximum absolute atomic E-state index is 11.4. The molecule has 0 unspecified atom stereocenters. The fourth-order valence-corrected chi connectivity index (χ4v) is 1.65. The number of halogens is 1. The van der Waals surface area contributed by atoms with Crippen LogP contribution < -0.4 is 5.56 Å². The third kappa shape index (κ3) is 1.41. The Morgan fingerprint density at radius 2 is 2.14 bits per heavy atom. The summed E-state index contributed by atoms with van der Waals surface area (Å²) in [6.45, 7) is -0.100. The largest absolute Gasteiger partial charge is 0.392 e. The van der Waals surface area contributed by atoms with E-state index in [-0.39, 0.29) is 17.3 Å². The van der Waals surface area contributed by atoms with E-state index in [1.807, 2.05) is 0 Å². The molecular formula is C10H8ClNO2. The van der Waals surface area contributed by atoms with E-state index in [1.54, 1.807) is 24.3 Å². The third-order valence-corrected chi connectivity index (χ3v) is 2.32. The molecule has 14 heavy (non-hydrogen) atoms. The molecule has 0 aliphatic carbocycles. The predicted octanol–water partition coefficient (Wildman–Crippen LogP) is 1.67. The first-order valence-corrected chi connectivity index (χ1v) is 4.51. The van der Waals surface area contributed by atoms with Crippen molar-refractivity contribution in [3.63, 3.8) is 0 Å². The van der Waals surface area contributed by atoms with E-state index in [0.717, 1.165) is 0 Å². The Bertz CT molecular complexity index is 533. The summed E-state index contributed by atoms with van der Waals surface area (Å²) in [5.41, 5.74) is 0.471. The van der Waals surface area contributed by atoms with E-state index in [9.17, 15) is 4.79 Å². The Morgan fingerprint density at radius 1 is 1.36 bits per heavy atom. The molecule has 0 saturated heterocycles. The molecule has 2 N–H and O–H groups in total. The zero-order valence-electron chi connectivity index (χ0n) is 7.25. The number of fused-ring (bicyclic) bond motifs is 1. The maximum atomic E-state index is 11.4. The molecular weight excluding hydrogens is 202 g/mol. The van der Waals surface area contributed by atoms with E-state index >= 15 is 0 Å². The maximum Gasteiger partial charge on any atom is 0.256 e. The Kier molecular flexibility index (Phi) is 2.27. The minimum absolute atomic E-state index is 0.100. The van der Waals surface area contributed by atoms with Crippen molar-refractivity contribution in [2.45, 2.75) is 6.61 Å². The fourth-order valence-electron chi connectivity index (χ4n) is 1.46. The van der Waals surface area contributed by atoms with Crippen molar-refractivity contribution < 1.29 is 5.11 Å². The van der Waals surface area contributed by atoms with Gasteiger partial charge < -0.3 is 10.1 Å². The molecule has 3 nitrogen and oxygen atoms in total. The molecule has 2 rings (SSSR count). The average Bonchev–Trinajstić information content (AvgIpc) is 2.17. The van der Waals surface area contributed by atoms with Crippen LogP contribution in [0.3, 0.4) is 0 Å². The van der Waals surface area contributed by atoms with Gasteiger partial charge in [0, 0.05) is 5.39 Å². The summed E-state index contributed by atoms with van der Waals surface area (Å²) in [6, 6.07) is 6.84. The topological polar surface area (TPSA) is 53.1 Å². The van der Waals surface area contributed by atoms with Crippen molar-refractivity contribution in [3.05, 3.63) is 45.3 Å². The van der Waals surface area contributed by atoms with Crippen molar-refractivity contribution in [2.24, 2.45) is 0 Å². The van der Waals surface area contributed by atoms with Gasteiger partial charge in [0.1, 0.15) is 5.15 Å². The standard InChI is InChI=1S/C10H8ClNO2/c11-9-4-8-6(5-13)2-1-3-7(8)10(14)12-9/h1-4,13H,5H2,(H,12,14). The lowest BCUT2D eigenvalue weighted by molar-refractivity contribution is 0.283. The molecule has 0 aliphatic rings. The molecule has 1 aromatic heterocycles. The van der Waals surface area contributed by atoms with Gasteiger partial charge in [0.2, 0.25) is 0 Å². The second kappa shape index (κ2) is 3.44. The lowest BCUT2D eigenvalue weighted by atomic mass is 10.1. The molecule has 0 atom stereocenters. The van der Waals surface area contributed by atoms with Crippen LogP contribution >= 0.6 is 11.6 Å². The Hall–Kier alpha value is -1.32. The van der Waals surface area contributed by atoms with Gasteiger partial charge in [-0.3, -0.25) is 4.79 Å². The smallest absolute Gasteiger partial charge is 0.256 e. The fraction of sp³-hybridized carbons (Fsp3) is 0.100. The molecule has 0 saturated carbocycles. The normalized spacial score (nSPS) is 10.7. The SMILES string of the molecule is O=c1[nH]c(Cl)cc2c(CO)cccc12. The lowest BCUT2D eigenvalue weighted by Crippen LogP contribution is -2.06. The highest BCUT2D eigenvalue weighted by Crippen LogP contribution is 2.18. The zero-order valence-corrected chi connectivity index (χ0v) is 8.01. The van der Waals surface area contributed by atoms with Crippen molar-refractivity contribution in [1.82, 2.24) is 4.98 Å². The van der Waals surface area contributed by atoms with Crippen molar-refractivity contribution in [3.8, 4) is 0 Å². The van der Waals surface area contributed by atoms with Gasteiger partial charge >= 0.3 is 0 Å². The summed E-state index contributed by atoms with van der Waals surface area (Å²) < 4.78 is 0. The first-order chi connectivity index (χ1) is 6.72. The summed E-state index contributed by atoms with van der Waals surface area (Å²) in [7, 11) is 0. The Balaban J connectivity index is 2.94. The second-order valence-electron chi connectivity index (χ2n) is 2.98. The molecule has 0 amide bonds. The van der Waals surface area contributed by atoms with Gasteiger partial charge in [-0.1, -0.05) is 23.7 Å². The van der Waals surface area contributed by atoms with E-state index < -0.39 is 0 Å². The summed E-state index contributed by atoms with van der Waals surface area (Å²) >= 11 is 5.72. The van der Waals surface area contributed by atoms with Gasteiger partial charge in [-0.05, 0) is 23.1 Å². The van der Waals surface area contributed by atoms with Crippen LogP contribution in [0.4, 0.5) is 0 Å². The van der Waals surface area contributed by atoms with Crippen LogP contribution in [-0.4, -0.2) is 10.1 Å². The van der Waals surface area contributed by atoms with Crippen molar-refractivity contribution >= 4 is 22.4 Å². The number of aliphatic hydroxyl groups is 1. The van der Waals surface area contributed by atoms with Crippen LogP contribution in [0.25, 0.3) is 10.8 Å². The number of H-pyrrole nitrogens is 1. The summed E-state index contributed by atoms with van der Waals surface area (Å²) in [5, 5.41) is 10.6. The van der Waals surface area contributed by atoms with Gasteiger partial charge in [0.05, 0.1) is 6.61 Å². The number of rotatable bonds is 1. The van der Waals surface area contributed by atoms with Gasteiger partial charge in [0.15, 0.2) is 0 Å². The molecule has 0 aliphatic heterocycles. The molecule has 1 heterocycles. The van der Waals surface area contributed by atoms with Crippen molar-refractivity contribution in [1.29, 1.82) is 0 Å². The summed E-state index contributed by atoms with van der Waals surface area (Å²) in [6.07, 6.45) is 0. The first kappa shape index (κ1) is 9.24. The number of aromatic nitrogens is 1. The van der Waals surface area contributed by atoms with E-state index in [2.05, 4.69) is 4.98 Å². The highest BCUT2D eigenvalue weighted by atomic mass is 35.5. The van der Waals surface area contributed by atoms with Gasteiger partial charge in [-0.15, -0.1) is 0 Å². The Labute approximate surface area is 85.0 Å². The number of benzene rings is 1. The predicted molar refractivity (Wildman–Crippen MR) is 55.5 cm³/mol.